The van der Waals surface area contributed by atoms with Crippen LogP contribution in [0.2, 0.25) is 0 Å². The van der Waals surface area contributed by atoms with Crippen LogP contribution in [0.5, 0.6) is 0 Å². The van der Waals surface area contributed by atoms with E-state index in [1.54, 1.807) is 36.5 Å². The maximum atomic E-state index is 13.1. The fourth-order valence-electron chi connectivity index (χ4n) is 2.73. The Labute approximate surface area is 151 Å². The molecule has 0 spiro atoms. The first-order valence-corrected chi connectivity index (χ1v) is 8.15. The molecule has 1 heterocycles. The summed E-state index contributed by atoms with van der Waals surface area (Å²) < 4.78 is 4.79. The van der Waals surface area contributed by atoms with Gasteiger partial charge in [0.1, 0.15) is 5.92 Å². The molecule has 5 heteroatoms. The van der Waals surface area contributed by atoms with Gasteiger partial charge in [-0.05, 0) is 29.8 Å². The van der Waals surface area contributed by atoms with Gasteiger partial charge < -0.3 is 10.1 Å². The van der Waals surface area contributed by atoms with Crippen LogP contribution >= 0.6 is 0 Å². The van der Waals surface area contributed by atoms with Crippen molar-refractivity contribution in [1.82, 2.24) is 4.98 Å². The summed E-state index contributed by atoms with van der Waals surface area (Å²) in [6, 6.07) is 21.6. The summed E-state index contributed by atoms with van der Waals surface area (Å²) in [6.45, 7) is 0. The molecule has 1 unspecified atom stereocenters. The van der Waals surface area contributed by atoms with Crippen molar-refractivity contribution in [2.45, 2.75) is 5.92 Å². The number of nitrogens with zero attached hydrogens (tertiary/aromatic N) is 1. The van der Waals surface area contributed by atoms with Gasteiger partial charge in [-0.25, -0.2) is 4.79 Å². The molecule has 1 aromatic heterocycles. The van der Waals surface area contributed by atoms with Gasteiger partial charge in [-0.3, -0.25) is 9.78 Å². The van der Waals surface area contributed by atoms with E-state index in [0.29, 0.717) is 16.9 Å². The van der Waals surface area contributed by atoms with Gasteiger partial charge in [0.25, 0.3) is 0 Å². The van der Waals surface area contributed by atoms with Gasteiger partial charge in [-0.15, -0.1) is 0 Å². The number of esters is 1. The lowest BCUT2D eigenvalue weighted by Crippen LogP contribution is -2.24. The van der Waals surface area contributed by atoms with Gasteiger partial charge in [-0.1, -0.05) is 48.5 Å². The Hall–Kier alpha value is -3.47. The van der Waals surface area contributed by atoms with E-state index in [2.05, 4.69) is 10.3 Å². The van der Waals surface area contributed by atoms with E-state index in [1.807, 2.05) is 42.5 Å². The van der Waals surface area contributed by atoms with Crippen LogP contribution in [0, 0.1) is 0 Å². The molecular formula is C21H18N2O3. The smallest absolute Gasteiger partial charge is 0.339 e. The molecule has 1 N–H and O–H groups in total. The zero-order valence-corrected chi connectivity index (χ0v) is 14.3. The third-order valence-corrected chi connectivity index (χ3v) is 3.97. The predicted octanol–water partition coefficient (Wildman–Crippen LogP) is 3.64. The molecule has 0 bridgehead atoms. The fraction of sp³-hybridized carbons (Fsp3) is 0.0952. The van der Waals surface area contributed by atoms with Crippen molar-refractivity contribution in [1.29, 1.82) is 0 Å². The van der Waals surface area contributed by atoms with E-state index < -0.39 is 11.9 Å². The van der Waals surface area contributed by atoms with Crippen molar-refractivity contribution in [3.05, 3.63) is 95.8 Å². The minimum atomic E-state index is -0.594. The highest BCUT2D eigenvalue weighted by Crippen LogP contribution is 2.26. The van der Waals surface area contributed by atoms with Crippen molar-refractivity contribution in [2.24, 2.45) is 0 Å². The summed E-state index contributed by atoms with van der Waals surface area (Å²) in [5, 5.41) is 2.84. The second kappa shape index (κ2) is 8.07. The molecule has 2 aromatic carbocycles. The van der Waals surface area contributed by atoms with Crippen LogP contribution < -0.4 is 5.32 Å². The lowest BCUT2D eigenvalue weighted by Gasteiger charge is -2.18. The molecule has 26 heavy (non-hydrogen) atoms. The van der Waals surface area contributed by atoms with Crippen LogP contribution in [0.25, 0.3) is 0 Å². The Morgan fingerprint density at radius 1 is 0.923 bits per heavy atom. The van der Waals surface area contributed by atoms with Gasteiger partial charge in [0.05, 0.1) is 24.1 Å². The number of aromatic nitrogens is 1. The highest BCUT2D eigenvalue weighted by atomic mass is 16.5. The molecule has 0 fully saturated rings. The van der Waals surface area contributed by atoms with E-state index in [4.69, 9.17) is 4.74 Å². The lowest BCUT2D eigenvalue weighted by molar-refractivity contribution is -0.116. The summed E-state index contributed by atoms with van der Waals surface area (Å²) in [7, 11) is 1.31. The number of hydrogen-bond acceptors (Lipinski definition) is 4. The second-order valence-corrected chi connectivity index (χ2v) is 5.62. The number of amides is 1. The Morgan fingerprint density at radius 2 is 1.62 bits per heavy atom. The molecule has 0 aliphatic carbocycles. The molecular weight excluding hydrogens is 328 g/mol. The molecule has 1 atom stereocenters. The highest BCUT2D eigenvalue weighted by Gasteiger charge is 2.25. The van der Waals surface area contributed by atoms with Crippen LogP contribution in [-0.2, 0) is 9.53 Å². The van der Waals surface area contributed by atoms with Crippen molar-refractivity contribution >= 4 is 17.6 Å². The first kappa shape index (κ1) is 17.4. The summed E-state index contributed by atoms with van der Waals surface area (Å²) in [5.41, 5.74) is 2.16. The third-order valence-electron chi connectivity index (χ3n) is 3.97. The Bertz CT molecular complexity index is 856. The van der Waals surface area contributed by atoms with E-state index >= 15 is 0 Å². The highest BCUT2D eigenvalue weighted by molar-refractivity contribution is 6.04. The maximum absolute atomic E-state index is 13.1. The summed E-state index contributed by atoms with van der Waals surface area (Å²) in [5.74, 6) is -1.37. The van der Waals surface area contributed by atoms with Crippen molar-refractivity contribution in [2.75, 3.05) is 12.4 Å². The Balaban J connectivity index is 1.96. The van der Waals surface area contributed by atoms with Crippen molar-refractivity contribution in [3.63, 3.8) is 0 Å². The minimum absolute atomic E-state index is 0.272. The van der Waals surface area contributed by atoms with Gasteiger partial charge in [0.2, 0.25) is 5.91 Å². The number of pyridine rings is 1. The Kier molecular flexibility index (Phi) is 5.39. The molecule has 3 rings (SSSR count). The average Bonchev–Trinajstić information content (AvgIpc) is 2.69. The number of carbonyl (C=O) groups excluding carboxylic acids is 2. The zero-order valence-electron chi connectivity index (χ0n) is 14.3. The van der Waals surface area contributed by atoms with Crippen LogP contribution in [0.3, 0.4) is 0 Å². The van der Waals surface area contributed by atoms with Gasteiger partial charge >= 0.3 is 5.97 Å². The second-order valence-electron chi connectivity index (χ2n) is 5.62. The summed E-state index contributed by atoms with van der Waals surface area (Å²) >= 11 is 0. The van der Waals surface area contributed by atoms with Crippen LogP contribution in [0.4, 0.5) is 5.69 Å². The number of hydrogen-bond donors (Lipinski definition) is 1. The van der Waals surface area contributed by atoms with E-state index in [9.17, 15) is 9.59 Å². The molecule has 130 valence electrons. The number of benzene rings is 2. The number of nitrogens with one attached hydrogen (secondary N) is 1. The molecule has 5 nitrogen and oxygen atoms in total. The van der Waals surface area contributed by atoms with Gasteiger partial charge in [0.15, 0.2) is 0 Å². The molecule has 1 amide bonds. The Morgan fingerprint density at radius 3 is 2.31 bits per heavy atom. The average molecular weight is 346 g/mol. The third kappa shape index (κ3) is 3.78. The standard InChI is InChI=1S/C21H18N2O3/c1-26-21(25)16-11-5-6-12-17(16)23-20(24)19(15-9-3-2-4-10-15)18-13-7-8-14-22-18/h2-14,19H,1H3,(H,23,24). The molecule has 0 aliphatic heterocycles. The molecule has 0 saturated carbocycles. The number of carbonyl (C=O) groups is 2. The molecule has 0 aliphatic rings. The first-order valence-electron chi connectivity index (χ1n) is 8.15. The fourth-order valence-corrected chi connectivity index (χ4v) is 2.73. The maximum Gasteiger partial charge on any atom is 0.339 e. The number of ether oxygens (including phenoxy) is 1. The minimum Gasteiger partial charge on any atom is -0.465 e. The zero-order chi connectivity index (χ0) is 18.4. The van der Waals surface area contributed by atoms with Crippen LogP contribution in [0.1, 0.15) is 27.5 Å². The van der Waals surface area contributed by atoms with Gasteiger partial charge in [-0.2, -0.15) is 0 Å². The summed E-state index contributed by atoms with van der Waals surface area (Å²) in [6.07, 6.45) is 1.65. The number of methoxy groups -OCH3 is 1. The number of rotatable bonds is 5. The number of anilines is 1. The SMILES string of the molecule is COC(=O)c1ccccc1NC(=O)C(c1ccccc1)c1ccccn1. The summed E-state index contributed by atoms with van der Waals surface area (Å²) in [4.78, 5) is 29.4. The monoisotopic (exact) mass is 346 g/mol. The molecule has 3 aromatic rings. The molecule has 0 saturated heterocycles. The van der Waals surface area contributed by atoms with E-state index in [1.165, 1.54) is 7.11 Å². The van der Waals surface area contributed by atoms with Crippen molar-refractivity contribution in [3.8, 4) is 0 Å². The quantitative estimate of drug-likeness (QED) is 0.716. The van der Waals surface area contributed by atoms with E-state index in [0.717, 1.165) is 5.56 Å². The van der Waals surface area contributed by atoms with Crippen LogP contribution in [0.15, 0.2) is 79.0 Å². The lowest BCUT2D eigenvalue weighted by atomic mass is 9.94. The predicted molar refractivity (Wildman–Crippen MR) is 98.9 cm³/mol. The largest absolute Gasteiger partial charge is 0.465 e. The topological polar surface area (TPSA) is 68.3 Å². The van der Waals surface area contributed by atoms with Gasteiger partial charge in [0, 0.05) is 6.20 Å². The number of para-hydroxylation sites is 1. The first-order chi connectivity index (χ1) is 12.7. The van der Waals surface area contributed by atoms with E-state index in [-0.39, 0.29) is 5.91 Å². The van der Waals surface area contributed by atoms with Crippen LogP contribution in [-0.4, -0.2) is 24.0 Å². The van der Waals surface area contributed by atoms with Crippen molar-refractivity contribution < 1.29 is 14.3 Å². The normalized spacial score (nSPS) is 11.4. The molecule has 0 radical (unpaired) electrons.